The summed E-state index contributed by atoms with van der Waals surface area (Å²) in [6.45, 7) is 2.08. The van der Waals surface area contributed by atoms with Gasteiger partial charge in [-0.1, -0.05) is 38.0 Å². The molecule has 3 atom stereocenters. The Hall–Kier alpha value is -1.75. The van der Waals surface area contributed by atoms with Crippen LogP contribution >= 0.6 is 0 Å². The number of allylic oxidation sites excluding steroid dienone is 3. The minimum absolute atomic E-state index is 0.0239. The van der Waals surface area contributed by atoms with E-state index >= 15 is 0 Å². The normalized spacial score (nSPS) is 23.8. The number of carboxylic acid groups (broad SMARTS) is 1. The number of carbonyl (C=O) groups excluding carboxylic acids is 2. The number of aliphatic carboxylic acids is 1. The Morgan fingerprint density at radius 1 is 1.16 bits per heavy atom. The average Bonchev–Trinajstić information content (AvgIpc) is 2.82. The molecule has 5 heteroatoms. The fourth-order valence-corrected chi connectivity index (χ4v) is 3.11. The molecule has 140 valence electrons. The Balaban J connectivity index is 2.49. The monoisotopic (exact) mass is 350 g/mol. The van der Waals surface area contributed by atoms with Gasteiger partial charge in [-0.05, 0) is 31.8 Å². The molecule has 0 aromatic carbocycles. The highest BCUT2D eigenvalue weighted by atomic mass is 16.4. The summed E-state index contributed by atoms with van der Waals surface area (Å²) < 4.78 is 0. The third-order valence-electron chi connectivity index (χ3n) is 4.58. The molecule has 0 spiro atoms. The van der Waals surface area contributed by atoms with Crippen molar-refractivity contribution in [2.75, 3.05) is 0 Å². The predicted molar refractivity (Wildman–Crippen MR) is 96.1 cm³/mol. The zero-order chi connectivity index (χ0) is 18.7. The molecule has 1 saturated carbocycles. The summed E-state index contributed by atoms with van der Waals surface area (Å²) in [7, 11) is 0. The van der Waals surface area contributed by atoms with E-state index in [1.807, 2.05) is 12.2 Å². The largest absolute Gasteiger partial charge is 0.481 e. The highest BCUT2D eigenvalue weighted by Crippen LogP contribution is 2.33. The summed E-state index contributed by atoms with van der Waals surface area (Å²) in [5, 5.41) is 18.7. The molecule has 25 heavy (non-hydrogen) atoms. The van der Waals surface area contributed by atoms with E-state index < -0.39 is 12.1 Å². The van der Waals surface area contributed by atoms with Crippen molar-refractivity contribution in [1.29, 1.82) is 0 Å². The van der Waals surface area contributed by atoms with Crippen LogP contribution in [0.1, 0.15) is 64.7 Å². The van der Waals surface area contributed by atoms with E-state index in [0.29, 0.717) is 25.7 Å². The Morgan fingerprint density at radius 2 is 1.92 bits per heavy atom. The van der Waals surface area contributed by atoms with Crippen molar-refractivity contribution in [3.05, 3.63) is 24.3 Å². The molecule has 5 nitrogen and oxygen atoms in total. The number of hydrogen-bond donors (Lipinski definition) is 2. The van der Waals surface area contributed by atoms with Crippen LogP contribution in [0, 0.1) is 11.8 Å². The van der Waals surface area contributed by atoms with Crippen LogP contribution in [0.3, 0.4) is 0 Å². The number of aliphatic hydroxyl groups is 1. The van der Waals surface area contributed by atoms with Crippen LogP contribution in [-0.2, 0) is 14.4 Å². The number of rotatable bonds is 12. The van der Waals surface area contributed by atoms with Crippen molar-refractivity contribution in [3.8, 4) is 0 Å². The lowest BCUT2D eigenvalue weighted by Gasteiger charge is -2.15. The van der Waals surface area contributed by atoms with Gasteiger partial charge in [-0.15, -0.1) is 0 Å². The smallest absolute Gasteiger partial charge is 0.303 e. The Bertz CT molecular complexity index is 506. The van der Waals surface area contributed by atoms with Gasteiger partial charge in [0.05, 0.1) is 6.10 Å². The molecule has 1 aliphatic rings. The van der Waals surface area contributed by atoms with Gasteiger partial charge in [0.25, 0.3) is 0 Å². The number of hydrogen-bond acceptors (Lipinski definition) is 4. The predicted octanol–water partition coefficient (Wildman–Crippen LogP) is 3.46. The fraction of sp³-hybridized carbons (Fsp3) is 0.650. The van der Waals surface area contributed by atoms with E-state index in [4.69, 9.17) is 5.11 Å². The summed E-state index contributed by atoms with van der Waals surface area (Å²) in [4.78, 5) is 34.4. The van der Waals surface area contributed by atoms with Crippen LogP contribution in [0.4, 0.5) is 0 Å². The minimum atomic E-state index is -0.809. The summed E-state index contributed by atoms with van der Waals surface area (Å²) >= 11 is 0. The number of Topliss-reactive ketones (excluding diaryl/α,β-unsaturated/α-hetero) is 1. The Labute approximate surface area is 149 Å². The second kappa shape index (κ2) is 11.7. The maximum atomic E-state index is 12.1. The lowest BCUT2D eigenvalue weighted by atomic mass is 9.90. The van der Waals surface area contributed by atoms with Crippen LogP contribution in [0.15, 0.2) is 24.3 Å². The molecule has 0 radical (unpaired) electrons. The lowest BCUT2D eigenvalue weighted by Crippen LogP contribution is -2.18. The van der Waals surface area contributed by atoms with E-state index in [-0.39, 0.29) is 36.2 Å². The van der Waals surface area contributed by atoms with Crippen molar-refractivity contribution < 1.29 is 24.6 Å². The van der Waals surface area contributed by atoms with Crippen molar-refractivity contribution in [1.82, 2.24) is 0 Å². The van der Waals surface area contributed by atoms with E-state index in [0.717, 1.165) is 19.3 Å². The molecular weight excluding hydrogens is 320 g/mol. The van der Waals surface area contributed by atoms with Crippen LogP contribution in [0.25, 0.3) is 0 Å². The first kappa shape index (κ1) is 21.3. The van der Waals surface area contributed by atoms with Crippen LogP contribution in [0.5, 0.6) is 0 Å². The number of aliphatic hydroxyl groups excluding tert-OH is 1. The fourth-order valence-electron chi connectivity index (χ4n) is 3.11. The maximum Gasteiger partial charge on any atom is 0.303 e. The maximum absolute atomic E-state index is 12.1. The third-order valence-corrected chi connectivity index (χ3v) is 4.58. The molecule has 0 heterocycles. The van der Waals surface area contributed by atoms with Gasteiger partial charge in [0.1, 0.15) is 5.78 Å². The van der Waals surface area contributed by atoms with Gasteiger partial charge >= 0.3 is 5.97 Å². The van der Waals surface area contributed by atoms with Gasteiger partial charge in [0.15, 0.2) is 5.78 Å². The first-order chi connectivity index (χ1) is 12.0. The van der Waals surface area contributed by atoms with E-state index in [1.54, 1.807) is 6.08 Å². The summed E-state index contributed by atoms with van der Waals surface area (Å²) in [6.07, 6.45) is 11.8. The van der Waals surface area contributed by atoms with Crippen molar-refractivity contribution in [3.63, 3.8) is 0 Å². The molecule has 1 rings (SSSR count). The number of carboxylic acids is 1. The molecule has 1 unspecified atom stereocenters. The van der Waals surface area contributed by atoms with Gasteiger partial charge in [0, 0.05) is 31.1 Å². The number of unbranched alkanes of at least 4 members (excludes halogenated alkanes) is 3. The molecule has 0 bridgehead atoms. The van der Waals surface area contributed by atoms with E-state index in [1.165, 1.54) is 6.08 Å². The molecule has 1 aliphatic carbocycles. The molecule has 0 saturated heterocycles. The van der Waals surface area contributed by atoms with Crippen LogP contribution < -0.4 is 0 Å². The van der Waals surface area contributed by atoms with Crippen LogP contribution in [-0.4, -0.2) is 33.9 Å². The SMILES string of the molecule is CCCCCC(=O)C=C[C@H]1C(O)CC(=O)[C@@H]1CC=CCCCC(=O)O. The second-order valence-electron chi connectivity index (χ2n) is 6.70. The Morgan fingerprint density at radius 3 is 2.60 bits per heavy atom. The quantitative estimate of drug-likeness (QED) is 0.319. The highest BCUT2D eigenvalue weighted by molar-refractivity contribution is 5.90. The summed E-state index contributed by atoms with van der Waals surface area (Å²) in [5.41, 5.74) is 0. The number of ketones is 2. The summed E-state index contributed by atoms with van der Waals surface area (Å²) in [5.74, 6) is -1.35. The van der Waals surface area contributed by atoms with Gasteiger partial charge in [-0.25, -0.2) is 0 Å². The van der Waals surface area contributed by atoms with Gasteiger partial charge in [-0.3, -0.25) is 14.4 Å². The molecule has 2 N–H and O–H groups in total. The first-order valence-electron chi connectivity index (χ1n) is 9.24. The van der Waals surface area contributed by atoms with Crippen molar-refractivity contribution >= 4 is 17.5 Å². The van der Waals surface area contributed by atoms with Gasteiger partial charge < -0.3 is 10.2 Å². The number of carbonyl (C=O) groups is 3. The lowest BCUT2D eigenvalue weighted by molar-refractivity contribution is -0.137. The third kappa shape index (κ3) is 8.25. The molecule has 0 aromatic heterocycles. The average molecular weight is 350 g/mol. The molecule has 0 aliphatic heterocycles. The molecule has 0 amide bonds. The minimum Gasteiger partial charge on any atom is -0.481 e. The topological polar surface area (TPSA) is 91.7 Å². The van der Waals surface area contributed by atoms with E-state index in [2.05, 4.69) is 6.92 Å². The first-order valence-corrected chi connectivity index (χ1v) is 9.24. The molecule has 1 fully saturated rings. The van der Waals surface area contributed by atoms with Gasteiger partial charge in [0.2, 0.25) is 0 Å². The second-order valence-corrected chi connectivity index (χ2v) is 6.70. The summed E-state index contributed by atoms with van der Waals surface area (Å²) in [6, 6.07) is 0. The zero-order valence-electron chi connectivity index (χ0n) is 15.0. The van der Waals surface area contributed by atoms with Crippen LogP contribution in [0.2, 0.25) is 0 Å². The van der Waals surface area contributed by atoms with Crippen molar-refractivity contribution in [2.45, 2.75) is 70.8 Å². The van der Waals surface area contributed by atoms with Crippen molar-refractivity contribution in [2.24, 2.45) is 11.8 Å². The van der Waals surface area contributed by atoms with E-state index in [9.17, 15) is 19.5 Å². The highest BCUT2D eigenvalue weighted by Gasteiger charge is 2.39. The Kier molecular flexibility index (Phi) is 10.0. The molecule has 0 aromatic rings. The zero-order valence-corrected chi connectivity index (χ0v) is 15.0. The van der Waals surface area contributed by atoms with Gasteiger partial charge in [-0.2, -0.15) is 0 Å². The molecular formula is C20H30O5. The standard InChI is InChI=1S/C20H30O5/c1-2-3-6-9-15(21)12-13-17-16(18(22)14-19(17)23)10-7-4-5-8-11-20(24)25/h4,7,12-13,16-17,19,23H,2-3,5-6,8-11,14H2,1H3,(H,24,25)/t16-,17-,19?/m1/s1.